The van der Waals surface area contributed by atoms with Crippen molar-refractivity contribution >= 4 is 7.54 Å². The first kappa shape index (κ1) is 9.73. The minimum Gasteiger partial charge on any atom is -0.254 e. The van der Waals surface area contributed by atoms with Gasteiger partial charge in [-0.1, -0.05) is 5.04 Å². The van der Waals surface area contributed by atoms with Crippen LogP contribution in [-0.4, -0.2) is 20.8 Å². The molecule has 0 N–H and O–H groups in total. The first-order valence-corrected chi connectivity index (χ1v) is 2.57. The Morgan fingerprint density at radius 3 is 1.50 bits per heavy atom. The lowest BCUT2D eigenvalue weighted by atomic mass is 10.5. The van der Waals surface area contributed by atoms with Crippen LogP contribution >= 0.6 is 0 Å². The Morgan fingerprint density at radius 1 is 1.00 bits per heavy atom. The molecule has 1 aliphatic rings. The zero-order valence-corrected chi connectivity index (χ0v) is 5.06. The van der Waals surface area contributed by atoms with E-state index in [0.717, 1.165) is 6.42 Å². The molecule has 0 saturated carbocycles. The van der Waals surface area contributed by atoms with Gasteiger partial charge < -0.3 is 0 Å². The molecule has 0 spiro atoms. The van der Waals surface area contributed by atoms with Crippen molar-refractivity contribution in [2.24, 2.45) is 0 Å². The van der Waals surface area contributed by atoms with Gasteiger partial charge in [-0.05, 0) is 0 Å². The van der Waals surface area contributed by atoms with Gasteiger partial charge in [0.05, 0.1) is 13.2 Å². The Balaban J connectivity index is 0.000000180. The molecule has 0 atom stereocenters. The van der Waals surface area contributed by atoms with Crippen molar-refractivity contribution < 1.29 is 27.8 Å². The van der Waals surface area contributed by atoms with Crippen molar-refractivity contribution in [1.82, 2.24) is 0 Å². The zero-order chi connectivity index (χ0) is 7.82. The number of halogens is 3. The predicted octanol–water partition coefficient (Wildman–Crippen LogP) is 1.15. The molecule has 3 nitrogen and oxygen atoms in total. The van der Waals surface area contributed by atoms with Gasteiger partial charge in [0.25, 0.3) is 0 Å². The Labute approximate surface area is 56.1 Å². The fourth-order valence-electron chi connectivity index (χ4n) is 0.279. The van der Waals surface area contributed by atoms with Crippen LogP contribution in [0.15, 0.2) is 0 Å². The molecule has 1 rings (SSSR count). The van der Waals surface area contributed by atoms with Gasteiger partial charge in [0, 0.05) is 6.42 Å². The summed E-state index contributed by atoms with van der Waals surface area (Å²) in [5.74, 6) is 0. The summed E-state index contributed by atoms with van der Waals surface area (Å²) in [6, 6.07) is 0. The van der Waals surface area contributed by atoms with E-state index in [0.29, 0.717) is 13.2 Å². The van der Waals surface area contributed by atoms with Gasteiger partial charge in [0.1, 0.15) is 0 Å². The molecular formula is C3H6BF3O3. The van der Waals surface area contributed by atoms with Gasteiger partial charge in [0.2, 0.25) is 0 Å². The van der Waals surface area contributed by atoms with E-state index in [1.807, 2.05) is 0 Å². The van der Waals surface area contributed by atoms with Crippen LogP contribution in [0.4, 0.5) is 12.9 Å². The molecule has 0 amide bonds. The average molecular weight is 158 g/mol. The maximum absolute atomic E-state index is 9.67. The van der Waals surface area contributed by atoms with Crippen LogP contribution in [0.2, 0.25) is 0 Å². The highest BCUT2D eigenvalue weighted by molar-refractivity contribution is 6.33. The van der Waals surface area contributed by atoms with Crippen LogP contribution in [-0.2, 0) is 14.8 Å². The second kappa shape index (κ2) is 6.85. The Bertz CT molecular complexity index is 55.7. The molecule has 1 aliphatic heterocycles. The van der Waals surface area contributed by atoms with Gasteiger partial charge >= 0.3 is 7.54 Å². The highest BCUT2D eigenvalue weighted by Crippen LogP contribution is 1.93. The lowest BCUT2D eigenvalue weighted by Crippen LogP contribution is -2.08. The van der Waals surface area contributed by atoms with Crippen LogP contribution < -0.4 is 0 Å². The van der Waals surface area contributed by atoms with Crippen molar-refractivity contribution in [3.8, 4) is 0 Å². The molecule has 7 heteroatoms. The lowest BCUT2D eigenvalue weighted by Gasteiger charge is -2.06. The highest BCUT2D eigenvalue weighted by atomic mass is 19.4. The largest absolute Gasteiger partial charge is 0.762 e. The molecule has 1 heterocycles. The third kappa shape index (κ3) is 10.7. The highest BCUT2D eigenvalue weighted by Gasteiger charge is 2.06. The molecule has 0 aliphatic carbocycles. The minimum atomic E-state index is -3.67. The summed E-state index contributed by atoms with van der Waals surface area (Å²) in [5, 5.41) is 4.07. The number of hydrogen-bond acceptors (Lipinski definition) is 3. The van der Waals surface area contributed by atoms with Gasteiger partial charge in [-0.2, -0.15) is 0 Å². The standard InChI is InChI=1S/C3H6O3.BF3/c1-2-4-6-5-3-1;2-1(3)4/h1-3H2;. The second-order valence-corrected chi connectivity index (χ2v) is 1.31. The molecule has 60 valence electrons. The monoisotopic (exact) mass is 158 g/mol. The third-order valence-corrected chi connectivity index (χ3v) is 0.552. The predicted molar refractivity (Wildman–Crippen MR) is 26.7 cm³/mol. The molecule has 10 heavy (non-hydrogen) atoms. The first-order valence-electron chi connectivity index (χ1n) is 2.57. The lowest BCUT2D eigenvalue weighted by molar-refractivity contribution is -0.532. The maximum Gasteiger partial charge on any atom is 0.762 e. The van der Waals surface area contributed by atoms with Crippen LogP contribution in [0.1, 0.15) is 6.42 Å². The summed E-state index contributed by atoms with van der Waals surface area (Å²) in [6.07, 6.45) is 0.931. The average Bonchev–Trinajstić information content (AvgIpc) is 1.90. The minimum absolute atomic E-state index is 0.653. The third-order valence-electron chi connectivity index (χ3n) is 0.552. The fraction of sp³-hybridized carbons (Fsp3) is 1.00. The van der Waals surface area contributed by atoms with Crippen LogP contribution in [0.3, 0.4) is 0 Å². The molecule has 0 bridgehead atoms. The summed E-state index contributed by atoms with van der Waals surface area (Å²) in [4.78, 5) is 8.69. The van der Waals surface area contributed by atoms with Crippen molar-refractivity contribution in [3.05, 3.63) is 0 Å². The van der Waals surface area contributed by atoms with E-state index in [1.165, 1.54) is 0 Å². The number of rotatable bonds is 0. The molecule has 1 fully saturated rings. The molecule has 0 unspecified atom stereocenters. The van der Waals surface area contributed by atoms with Crippen molar-refractivity contribution in [2.75, 3.05) is 13.2 Å². The molecule has 0 aromatic rings. The Hall–Kier alpha value is -0.265. The Morgan fingerprint density at radius 2 is 1.40 bits per heavy atom. The van der Waals surface area contributed by atoms with E-state index in [1.54, 1.807) is 0 Å². The van der Waals surface area contributed by atoms with E-state index < -0.39 is 7.54 Å². The summed E-state index contributed by atoms with van der Waals surface area (Å²) >= 11 is 0. The van der Waals surface area contributed by atoms with Crippen molar-refractivity contribution in [1.29, 1.82) is 0 Å². The topological polar surface area (TPSA) is 27.7 Å². The van der Waals surface area contributed by atoms with E-state index >= 15 is 0 Å². The maximum atomic E-state index is 9.67. The van der Waals surface area contributed by atoms with Crippen LogP contribution in [0.5, 0.6) is 0 Å². The molecule has 1 saturated heterocycles. The van der Waals surface area contributed by atoms with E-state index in [4.69, 9.17) is 0 Å². The summed E-state index contributed by atoms with van der Waals surface area (Å²) in [7, 11) is -3.67. The molecule has 0 aromatic carbocycles. The molecule has 0 aromatic heterocycles. The van der Waals surface area contributed by atoms with Crippen LogP contribution in [0, 0.1) is 0 Å². The fourth-order valence-corrected chi connectivity index (χ4v) is 0.279. The molecular weight excluding hydrogens is 152 g/mol. The van der Waals surface area contributed by atoms with E-state index in [2.05, 4.69) is 14.8 Å². The Kier molecular flexibility index (Phi) is 6.67. The SMILES string of the molecule is C1COOOC1.FB(F)F. The second-order valence-electron chi connectivity index (χ2n) is 1.31. The number of hydrogen-bond donors (Lipinski definition) is 0. The first-order chi connectivity index (χ1) is 4.73. The zero-order valence-electron chi connectivity index (χ0n) is 5.06. The summed E-state index contributed by atoms with van der Waals surface area (Å²) in [6.45, 7) is 1.31. The van der Waals surface area contributed by atoms with Gasteiger partial charge in [0.15, 0.2) is 0 Å². The quantitative estimate of drug-likeness (QED) is 0.390. The van der Waals surface area contributed by atoms with E-state index in [9.17, 15) is 12.9 Å². The normalized spacial score (nSPS) is 17.1. The van der Waals surface area contributed by atoms with Gasteiger partial charge in [-0.15, -0.1) is 0 Å². The summed E-state index contributed by atoms with van der Waals surface area (Å²) in [5.41, 5.74) is 0. The van der Waals surface area contributed by atoms with Crippen LogP contribution in [0.25, 0.3) is 0 Å². The van der Waals surface area contributed by atoms with Crippen molar-refractivity contribution in [3.63, 3.8) is 0 Å². The van der Waals surface area contributed by atoms with E-state index in [-0.39, 0.29) is 0 Å². The van der Waals surface area contributed by atoms with Crippen molar-refractivity contribution in [2.45, 2.75) is 6.42 Å². The smallest absolute Gasteiger partial charge is 0.254 e. The van der Waals surface area contributed by atoms with Gasteiger partial charge in [-0.25, -0.2) is 9.78 Å². The van der Waals surface area contributed by atoms with Gasteiger partial charge in [-0.3, -0.25) is 12.9 Å². The summed E-state index contributed by atoms with van der Waals surface area (Å²) < 4.78 is 29.0. The molecule has 0 radical (unpaired) electrons.